The number of fused-ring (bicyclic) bond motifs is 1. The van der Waals surface area contributed by atoms with Gasteiger partial charge in [-0.25, -0.2) is 15.1 Å². The molecule has 3 heterocycles. The average molecular weight is 347 g/mol. The smallest absolute Gasteiger partial charge is 0.276 e. The minimum absolute atomic E-state index is 0.0613. The highest BCUT2D eigenvalue weighted by Crippen LogP contribution is 2.42. The Balaban J connectivity index is 1.52. The molecule has 0 aliphatic carbocycles. The second-order valence-electron chi connectivity index (χ2n) is 6.83. The molecule has 7 nitrogen and oxygen atoms in total. The van der Waals surface area contributed by atoms with Gasteiger partial charge in [0.1, 0.15) is 12.1 Å². The van der Waals surface area contributed by atoms with E-state index in [4.69, 9.17) is 5.14 Å². The first-order chi connectivity index (χ1) is 11.5. The van der Waals surface area contributed by atoms with Crippen molar-refractivity contribution >= 4 is 26.9 Å². The molecular weight excluding hydrogens is 326 g/mol. The summed E-state index contributed by atoms with van der Waals surface area (Å²) < 4.78 is 24.6. The molecule has 2 aliphatic heterocycles. The summed E-state index contributed by atoms with van der Waals surface area (Å²) in [6.45, 7) is 2.83. The Morgan fingerprint density at radius 1 is 1.04 bits per heavy atom. The average Bonchev–Trinajstić information content (AvgIpc) is 2.99. The molecule has 2 fully saturated rings. The number of hydrogen-bond acceptors (Lipinski definition) is 5. The molecule has 1 aromatic heterocycles. The molecule has 0 amide bonds. The fraction of sp³-hybridized carbons (Fsp3) is 0.500. The molecule has 0 unspecified atom stereocenters. The summed E-state index contributed by atoms with van der Waals surface area (Å²) in [6, 6.07) is 8.02. The normalized spacial score (nSPS) is 21.6. The van der Waals surface area contributed by atoms with E-state index in [0.717, 1.165) is 49.1 Å². The molecule has 1 spiro atoms. The van der Waals surface area contributed by atoms with Crippen LogP contribution < -0.4 is 10.0 Å². The molecule has 2 aromatic rings. The molecule has 2 N–H and O–H groups in total. The predicted molar refractivity (Wildman–Crippen MR) is 92.7 cm³/mol. The molecule has 0 atom stereocenters. The van der Waals surface area contributed by atoms with E-state index < -0.39 is 10.2 Å². The van der Waals surface area contributed by atoms with Crippen LogP contribution >= 0.6 is 0 Å². The van der Waals surface area contributed by atoms with Gasteiger partial charge in [0, 0.05) is 31.6 Å². The van der Waals surface area contributed by atoms with Crippen LogP contribution in [0.15, 0.2) is 30.6 Å². The number of nitrogens with two attached hydrogens (primary N) is 1. The number of aromatic nitrogens is 2. The van der Waals surface area contributed by atoms with Gasteiger partial charge in [0.25, 0.3) is 10.2 Å². The molecule has 0 bridgehead atoms. The van der Waals surface area contributed by atoms with E-state index in [1.807, 2.05) is 24.3 Å². The molecule has 0 radical (unpaired) electrons. The number of para-hydroxylation sites is 1. The maximum absolute atomic E-state index is 11.6. The fourth-order valence-corrected chi connectivity index (χ4v) is 4.75. The summed E-state index contributed by atoms with van der Waals surface area (Å²) in [5.74, 6) is 0.969. The SMILES string of the molecule is NS(=O)(=O)N1CCC2(CCN(c3ncnc4ccccc34)CC2)C1. The molecule has 2 saturated heterocycles. The Hall–Kier alpha value is -1.77. The van der Waals surface area contributed by atoms with Crippen molar-refractivity contribution < 1.29 is 8.42 Å². The zero-order chi connectivity index (χ0) is 16.8. The Labute approximate surface area is 141 Å². The van der Waals surface area contributed by atoms with Gasteiger partial charge in [-0.3, -0.25) is 0 Å². The molecule has 8 heteroatoms. The standard InChI is InChI=1S/C16H21N5O2S/c17-24(22,23)21-10-7-16(11-21)5-8-20(9-6-16)15-13-3-1-2-4-14(13)18-12-19-15/h1-4,12H,5-11H2,(H2,17,22,23). The van der Waals surface area contributed by atoms with E-state index in [1.54, 1.807) is 6.33 Å². The van der Waals surface area contributed by atoms with Crippen molar-refractivity contribution in [3.05, 3.63) is 30.6 Å². The van der Waals surface area contributed by atoms with Crippen molar-refractivity contribution in [2.75, 3.05) is 31.1 Å². The van der Waals surface area contributed by atoms with Crippen LogP contribution in [0.5, 0.6) is 0 Å². The molecule has 0 saturated carbocycles. The van der Waals surface area contributed by atoms with Gasteiger partial charge in [-0.2, -0.15) is 12.7 Å². The highest BCUT2D eigenvalue weighted by Gasteiger charge is 2.43. The Bertz CT molecular complexity index is 856. The van der Waals surface area contributed by atoms with Gasteiger partial charge in [-0.1, -0.05) is 12.1 Å². The van der Waals surface area contributed by atoms with Gasteiger partial charge >= 0.3 is 0 Å². The van der Waals surface area contributed by atoms with Crippen LogP contribution in [0.1, 0.15) is 19.3 Å². The predicted octanol–water partition coefficient (Wildman–Crippen LogP) is 1.13. The third-order valence-electron chi connectivity index (χ3n) is 5.41. The van der Waals surface area contributed by atoms with Gasteiger partial charge < -0.3 is 4.90 Å². The van der Waals surface area contributed by atoms with E-state index in [-0.39, 0.29) is 5.41 Å². The Morgan fingerprint density at radius 3 is 2.46 bits per heavy atom. The lowest BCUT2D eigenvalue weighted by Gasteiger charge is -2.40. The van der Waals surface area contributed by atoms with Gasteiger partial charge in [0.15, 0.2) is 0 Å². The number of piperidine rings is 1. The number of anilines is 1. The molecule has 4 rings (SSSR count). The van der Waals surface area contributed by atoms with Crippen LogP contribution in [0.2, 0.25) is 0 Å². The van der Waals surface area contributed by atoms with Crippen molar-refractivity contribution in [2.24, 2.45) is 10.6 Å². The minimum atomic E-state index is -3.57. The maximum atomic E-state index is 11.6. The van der Waals surface area contributed by atoms with E-state index in [9.17, 15) is 8.42 Å². The summed E-state index contributed by atoms with van der Waals surface area (Å²) in [5, 5.41) is 6.35. The first-order valence-corrected chi connectivity index (χ1v) is 9.70. The summed E-state index contributed by atoms with van der Waals surface area (Å²) in [5.41, 5.74) is 1.01. The number of rotatable bonds is 2. The van der Waals surface area contributed by atoms with E-state index in [2.05, 4.69) is 14.9 Å². The van der Waals surface area contributed by atoms with Crippen molar-refractivity contribution in [1.82, 2.24) is 14.3 Å². The van der Waals surface area contributed by atoms with E-state index in [1.165, 1.54) is 4.31 Å². The first-order valence-electron chi connectivity index (χ1n) is 8.20. The molecular formula is C16H21N5O2S. The molecule has 2 aliphatic rings. The highest BCUT2D eigenvalue weighted by molar-refractivity contribution is 7.86. The monoisotopic (exact) mass is 347 g/mol. The zero-order valence-corrected chi connectivity index (χ0v) is 14.2. The molecule has 1 aromatic carbocycles. The van der Waals surface area contributed by atoms with Crippen LogP contribution in [0.4, 0.5) is 5.82 Å². The second kappa shape index (κ2) is 5.65. The lowest BCUT2D eigenvalue weighted by Crippen LogP contribution is -2.43. The van der Waals surface area contributed by atoms with Crippen molar-refractivity contribution in [2.45, 2.75) is 19.3 Å². The Morgan fingerprint density at radius 2 is 1.75 bits per heavy atom. The van der Waals surface area contributed by atoms with E-state index >= 15 is 0 Å². The number of benzene rings is 1. The second-order valence-corrected chi connectivity index (χ2v) is 8.38. The summed E-state index contributed by atoms with van der Waals surface area (Å²) >= 11 is 0. The fourth-order valence-electron chi connectivity index (χ4n) is 3.95. The van der Waals surface area contributed by atoms with Crippen LogP contribution in [-0.2, 0) is 10.2 Å². The first kappa shape index (κ1) is 15.7. The molecule has 128 valence electrons. The van der Waals surface area contributed by atoms with Gasteiger partial charge in [-0.15, -0.1) is 0 Å². The topological polar surface area (TPSA) is 92.4 Å². The van der Waals surface area contributed by atoms with Gasteiger partial charge in [-0.05, 0) is 36.8 Å². The van der Waals surface area contributed by atoms with Crippen LogP contribution in [0.3, 0.4) is 0 Å². The van der Waals surface area contributed by atoms with Gasteiger partial charge in [0.05, 0.1) is 5.52 Å². The third kappa shape index (κ3) is 2.74. The minimum Gasteiger partial charge on any atom is -0.356 e. The summed E-state index contributed by atoms with van der Waals surface area (Å²) in [7, 11) is -3.57. The van der Waals surface area contributed by atoms with E-state index in [0.29, 0.717) is 13.1 Å². The number of nitrogens with zero attached hydrogens (tertiary/aromatic N) is 4. The van der Waals surface area contributed by atoms with Crippen LogP contribution in [-0.4, -0.2) is 48.9 Å². The summed E-state index contributed by atoms with van der Waals surface area (Å²) in [6.07, 6.45) is 4.41. The maximum Gasteiger partial charge on any atom is 0.276 e. The Kier molecular flexibility index (Phi) is 3.70. The molecule has 24 heavy (non-hydrogen) atoms. The third-order valence-corrected chi connectivity index (χ3v) is 6.44. The van der Waals surface area contributed by atoms with Crippen molar-refractivity contribution in [3.8, 4) is 0 Å². The van der Waals surface area contributed by atoms with Crippen LogP contribution in [0.25, 0.3) is 10.9 Å². The van der Waals surface area contributed by atoms with Crippen LogP contribution in [0, 0.1) is 5.41 Å². The quantitative estimate of drug-likeness (QED) is 0.879. The lowest BCUT2D eigenvalue weighted by atomic mass is 9.78. The van der Waals surface area contributed by atoms with Crippen molar-refractivity contribution in [3.63, 3.8) is 0 Å². The summed E-state index contributed by atoms with van der Waals surface area (Å²) in [4.78, 5) is 11.1. The van der Waals surface area contributed by atoms with Gasteiger partial charge in [0.2, 0.25) is 0 Å². The highest BCUT2D eigenvalue weighted by atomic mass is 32.2. The largest absolute Gasteiger partial charge is 0.356 e. The zero-order valence-electron chi connectivity index (χ0n) is 13.4. The number of hydrogen-bond donors (Lipinski definition) is 1. The van der Waals surface area contributed by atoms with Crippen molar-refractivity contribution in [1.29, 1.82) is 0 Å². The lowest BCUT2D eigenvalue weighted by molar-refractivity contribution is 0.234.